The van der Waals surface area contributed by atoms with Crippen LogP contribution in [-0.4, -0.2) is 41.5 Å². The fraction of sp³-hybridized carbons (Fsp3) is 0.917. The summed E-state index contributed by atoms with van der Waals surface area (Å²) in [5, 5.41) is 0. The van der Waals surface area contributed by atoms with Crippen molar-refractivity contribution in [1.29, 1.82) is 0 Å². The molecule has 2 amide bonds. The SMILES string of the molecule is CCN(CC)C(=O)N1CCCC1C(C)C. The van der Waals surface area contributed by atoms with Crippen LogP contribution >= 0.6 is 0 Å². The summed E-state index contributed by atoms with van der Waals surface area (Å²) in [7, 11) is 0. The minimum Gasteiger partial charge on any atom is -0.325 e. The monoisotopic (exact) mass is 212 g/mol. The molecule has 1 rings (SSSR count). The predicted molar refractivity (Wildman–Crippen MR) is 62.9 cm³/mol. The minimum absolute atomic E-state index is 0.233. The third kappa shape index (κ3) is 2.64. The van der Waals surface area contributed by atoms with Crippen LogP contribution in [0.15, 0.2) is 0 Å². The zero-order valence-electron chi connectivity index (χ0n) is 10.5. The van der Waals surface area contributed by atoms with Gasteiger partial charge >= 0.3 is 6.03 Å². The maximum Gasteiger partial charge on any atom is 0.320 e. The van der Waals surface area contributed by atoms with Crippen LogP contribution in [0.25, 0.3) is 0 Å². The first-order valence-corrected chi connectivity index (χ1v) is 6.17. The van der Waals surface area contributed by atoms with E-state index < -0.39 is 0 Å². The van der Waals surface area contributed by atoms with Crippen molar-refractivity contribution >= 4 is 6.03 Å². The van der Waals surface area contributed by atoms with Gasteiger partial charge in [0.05, 0.1) is 0 Å². The van der Waals surface area contributed by atoms with Gasteiger partial charge in [0, 0.05) is 25.7 Å². The molecular formula is C12H24N2O. The number of nitrogens with zero attached hydrogens (tertiary/aromatic N) is 2. The second kappa shape index (κ2) is 5.38. The van der Waals surface area contributed by atoms with Gasteiger partial charge in [-0.2, -0.15) is 0 Å². The second-order valence-electron chi connectivity index (χ2n) is 4.60. The molecule has 3 nitrogen and oxygen atoms in total. The Morgan fingerprint density at radius 1 is 1.40 bits per heavy atom. The third-order valence-electron chi connectivity index (χ3n) is 3.35. The zero-order chi connectivity index (χ0) is 11.4. The van der Waals surface area contributed by atoms with Crippen molar-refractivity contribution in [3.05, 3.63) is 0 Å². The van der Waals surface area contributed by atoms with Crippen molar-refractivity contribution in [2.45, 2.75) is 46.6 Å². The van der Waals surface area contributed by atoms with Gasteiger partial charge in [-0.3, -0.25) is 0 Å². The first-order chi connectivity index (χ1) is 7.11. The highest BCUT2D eigenvalue weighted by molar-refractivity contribution is 5.75. The van der Waals surface area contributed by atoms with Crippen LogP contribution < -0.4 is 0 Å². The van der Waals surface area contributed by atoms with E-state index in [0.717, 1.165) is 26.1 Å². The summed E-state index contributed by atoms with van der Waals surface area (Å²) in [4.78, 5) is 16.2. The van der Waals surface area contributed by atoms with Gasteiger partial charge < -0.3 is 9.80 Å². The number of likely N-dealkylation sites (tertiary alicyclic amines) is 1. The van der Waals surface area contributed by atoms with E-state index in [2.05, 4.69) is 18.7 Å². The van der Waals surface area contributed by atoms with Crippen molar-refractivity contribution in [3.63, 3.8) is 0 Å². The van der Waals surface area contributed by atoms with Gasteiger partial charge in [0.1, 0.15) is 0 Å². The Kier molecular flexibility index (Phi) is 4.43. The number of amides is 2. The first-order valence-electron chi connectivity index (χ1n) is 6.17. The molecule has 1 saturated heterocycles. The summed E-state index contributed by atoms with van der Waals surface area (Å²) in [6.45, 7) is 11.1. The molecule has 1 aliphatic rings. The first kappa shape index (κ1) is 12.3. The van der Waals surface area contributed by atoms with Crippen molar-refractivity contribution < 1.29 is 4.79 Å². The van der Waals surface area contributed by atoms with Gasteiger partial charge in [0.15, 0.2) is 0 Å². The number of rotatable bonds is 3. The molecule has 0 aromatic heterocycles. The Morgan fingerprint density at radius 3 is 2.47 bits per heavy atom. The topological polar surface area (TPSA) is 23.6 Å². The number of carbonyl (C=O) groups excluding carboxylic acids is 1. The maximum atomic E-state index is 12.2. The molecule has 0 aromatic rings. The molecule has 1 atom stereocenters. The molecule has 3 heteroatoms. The summed E-state index contributed by atoms with van der Waals surface area (Å²) >= 11 is 0. The van der Waals surface area contributed by atoms with E-state index in [-0.39, 0.29) is 6.03 Å². The predicted octanol–water partition coefficient (Wildman–Crippen LogP) is 2.57. The van der Waals surface area contributed by atoms with Gasteiger partial charge in [-0.1, -0.05) is 13.8 Å². The number of urea groups is 1. The highest BCUT2D eigenvalue weighted by Crippen LogP contribution is 2.24. The summed E-state index contributed by atoms with van der Waals surface area (Å²) in [5.41, 5.74) is 0. The molecule has 0 spiro atoms. The highest BCUT2D eigenvalue weighted by Gasteiger charge is 2.32. The third-order valence-corrected chi connectivity index (χ3v) is 3.35. The molecule has 1 heterocycles. The maximum absolute atomic E-state index is 12.2. The van der Waals surface area contributed by atoms with Crippen LogP contribution in [0.3, 0.4) is 0 Å². The van der Waals surface area contributed by atoms with Crippen LogP contribution in [0.4, 0.5) is 4.79 Å². The number of carbonyl (C=O) groups is 1. The lowest BCUT2D eigenvalue weighted by atomic mass is 10.0. The van der Waals surface area contributed by atoms with E-state index >= 15 is 0 Å². The fourth-order valence-corrected chi connectivity index (χ4v) is 2.40. The molecule has 1 unspecified atom stereocenters. The van der Waals surface area contributed by atoms with Crippen LogP contribution in [0.1, 0.15) is 40.5 Å². The zero-order valence-corrected chi connectivity index (χ0v) is 10.5. The summed E-state index contributed by atoms with van der Waals surface area (Å²) in [5.74, 6) is 0.576. The summed E-state index contributed by atoms with van der Waals surface area (Å²) in [6.07, 6.45) is 2.33. The highest BCUT2D eigenvalue weighted by atomic mass is 16.2. The lowest BCUT2D eigenvalue weighted by Gasteiger charge is -2.32. The Hall–Kier alpha value is -0.730. The average Bonchev–Trinajstić information content (AvgIpc) is 2.67. The smallest absolute Gasteiger partial charge is 0.320 e. The molecule has 1 fully saturated rings. The minimum atomic E-state index is 0.233. The Labute approximate surface area is 93.4 Å². The number of hydrogen-bond acceptors (Lipinski definition) is 1. The average molecular weight is 212 g/mol. The van der Waals surface area contributed by atoms with Crippen molar-refractivity contribution in [2.75, 3.05) is 19.6 Å². The van der Waals surface area contributed by atoms with Crippen LogP contribution in [0, 0.1) is 5.92 Å². The van der Waals surface area contributed by atoms with E-state index in [1.54, 1.807) is 0 Å². The van der Waals surface area contributed by atoms with Crippen LogP contribution in [0.5, 0.6) is 0 Å². The molecule has 0 saturated carbocycles. The molecule has 1 aliphatic heterocycles. The van der Waals surface area contributed by atoms with E-state index in [9.17, 15) is 4.79 Å². The van der Waals surface area contributed by atoms with Gasteiger partial charge in [-0.05, 0) is 32.6 Å². The summed E-state index contributed by atoms with van der Waals surface area (Å²) < 4.78 is 0. The molecule has 15 heavy (non-hydrogen) atoms. The normalized spacial score (nSPS) is 21.1. The van der Waals surface area contributed by atoms with E-state index in [4.69, 9.17) is 0 Å². The standard InChI is InChI=1S/C12H24N2O/c1-5-13(6-2)12(15)14-9-7-8-11(14)10(3)4/h10-11H,5-9H2,1-4H3. The van der Waals surface area contributed by atoms with Gasteiger partial charge in [0.2, 0.25) is 0 Å². The van der Waals surface area contributed by atoms with Crippen molar-refractivity contribution in [1.82, 2.24) is 9.80 Å². The second-order valence-corrected chi connectivity index (χ2v) is 4.60. The molecule has 88 valence electrons. The molecule has 0 radical (unpaired) electrons. The number of hydrogen-bond donors (Lipinski definition) is 0. The Bertz CT molecular complexity index is 212. The van der Waals surface area contributed by atoms with Crippen molar-refractivity contribution in [2.24, 2.45) is 5.92 Å². The lowest BCUT2D eigenvalue weighted by molar-refractivity contribution is 0.141. The molecule has 0 bridgehead atoms. The van der Waals surface area contributed by atoms with Gasteiger partial charge in [-0.25, -0.2) is 4.79 Å². The van der Waals surface area contributed by atoms with Crippen LogP contribution in [0.2, 0.25) is 0 Å². The lowest BCUT2D eigenvalue weighted by Crippen LogP contribution is -2.46. The molecule has 0 aliphatic carbocycles. The Morgan fingerprint density at radius 2 is 2.00 bits per heavy atom. The molecular weight excluding hydrogens is 188 g/mol. The van der Waals surface area contributed by atoms with Gasteiger partial charge in [0.25, 0.3) is 0 Å². The van der Waals surface area contributed by atoms with E-state index in [0.29, 0.717) is 12.0 Å². The molecule has 0 N–H and O–H groups in total. The largest absolute Gasteiger partial charge is 0.325 e. The quantitative estimate of drug-likeness (QED) is 0.705. The summed E-state index contributed by atoms with van der Waals surface area (Å²) in [6, 6.07) is 0.689. The van der Waals surface area contributed by atoms with Crippen LogP contribution in [-0.2, 0) is 0 Å². The van der Waals surface area contributed by atoms with Crippen molar-refractivity contribution in [3.8, 4) is 0 Å². The van der Waals surface area contributed by atoms with E-state index in [1.165, 1.54) is 6.42 Å². The van der Waals surface area contributed by atoms with Gasteiger partial charge in [-0.15, -0.1) is 0 Å². The molecule has 0 aromatic carbocycles. The Balaban J connectivity index is 2.65. The fourth-order valence-electron chi connectivity index (χ4n) is 2.40. The van der Waals surface area contributed by atoms with E-state index in [1.807, 2.05) is 18.7 Å².